The Morgan fingerprint density at radius 2 is 1.97 bits per heavy atom. The van der Waals surface area contributed by atoms with E-state index in [4.69, 9.17) is 10.1 Å². The van der Waals surface area contributed by atoms with E-state index in [1.165, 1.54) is 12.8 Å². The molecule has 0 amide bonds. The minimum Gasteiger partial charge on any atom is -0.310 e. The molecule has 4 aromatic rings. The van der Waals surface area contributed by atoms with Crippen LogP contribution in [-0.4, -0.2) is 29.3 Å². The van der Waals surface area contributed by atoms with Crippen molar-refractivity contribution >= 4 is 11.0 Å². The highest BCUT2D eigenvalue weighted by Crippen LogP contribution is 2.31. The summed E-state index contributed by atoms with van der Waals surface area (Å²) in [5.74, 6) is 0.680. The molecule has 0 aliphatic heterocycles. The van der Waals surface area contributed by atoms with Crippen LogP contribution < -0.4 is 5.56 Å². The summed E-state index contributed by atoms with van der Waals surface area (Å²) in [4.78, 5) is 24.8. The molecule has 0 saturated heterocycles. The lowest BCUT2D eigenvalue weighted by atomic mass is 10.1. The second-order valence-corrected chi connectivity index (χ2v) is 7.71. The molecule has 0 atom stereocenters. The van der Waals surface area contributed by atoms with Gasteiger partial charge in [-0.3, -0.25) is 4.79 Å². The Morgan fingerprint density at radius 1 is 1.17 bits per heavy atom. The van der Waals surface area contributed by atoms with Crippen molar-refractivity contribution in [3.8, 4) is 5.69 Å². The smallest absolute Gasteiger partial charge is 0.262 e. The van der Waals surface area contributed by atoms with Gasteiger partial charge in [-0.05, 0) is 37.0 Å². The van der Waals surface area contributed by atoms with Crippen LogP contribution in [0.4, 0.5) is 0 Å². The number of hydrogen-bond acceptors (Lipinski definition) is 4. The first-order chi connectivity index (χ1) is 14.2. The van der Waals surface area contributed by atoms with Gasteiger partial charge in [0.2, 0.25) is 0 Å². The van der Waals surface area contributed by atoms with Crippen molar-refractivity contribution in [1.29, 1.82) is 0 Å². The number of aryl methyl sites for hydroxylation is 1. The molecule has 29 heavy (non-hydrogen) atoms. The lowest BCUT2D eigenvalue weighted by Crippen LogP contribution is -2.14. The third kappa shape index (κ3) is 3.26. The maximum atomic E-state index is 12.8. The first kappa shape index (κ1) is 17.8. The molecule has 0 spiro atoms. The van der Waals surface area contributed by atoms with Gasteiger partial charge in [0, 0.05) is 24.5 Å². The SMILES string of the molecule is CCc1nn(C2CCCC2)c2nc(Cc3ccc(-n4ccnc4)cc3)[nH]c(=O)c12. The van der Waals surface area contributed by atoms with Crippen LogP contribution in [-0.2, 0) is 12.8 Å². The summed E-state index contributed by atoms with van der Waals surface area (Å²) in [5, 5.41) is 5.42. The topological polar surface area (TPSA) is 81.4 Å². The van der Waals surface area contributed by atoms with Crippen LogP contribution in [0.2, 0.25) is 0 Å². The van der Waals surface area contributed by atoms with Crippen LogP contribution in [0.5, 0.6) is 0 Å². The summed E-state index contributed by atoms with van der Waals surface area (Å²) in [5.41, 5.74) is 3.65. The van der Waals surface area contributed by atoms with Crippen molar-refractivity contribution in [1.82, 2.24) is 29.3 Å². The normalized spacial score (nSPS) is 14.8. The minimum atomic E-state index is -0.0823. The molecule has 7 heteroatoms. The Balaban J connectivity index is 1.50. The van der Waals surface area contributed by atoms with Crippen molar-refractivity contribution < 1.29 is 0 Å². The van der Waals surface area contributed by atoms with Crippen molar-refractivity contribution in [3.63, 3.8) is 0 Å². The average Bonchev–Trinajstić information content (AvgIpc) is 3.49. The molecule has 1 aliphatic rings. The maximum Gasteiger partial charge on any atom is 0.262 e. The molecule has 1 N–H and O–H groups in total. The summed E-state index contributed by atoms with van der Waals surface area (Å²) in [7, 11) is 0. The predicted molar refractivity (Wildman–Crippen MR) is 111 cm³/mol. The zero-order valence-electron chi connectivity index (χ0n) is 16.5. The molecule has 1 saturated carbocycles. The fourth-order valence-corrected chi connectivity index (χ4v) is 4.29. The van der Waals surface area contributed by atoms with E-state index in [0.29, 0.717) is 23.7 Å². The molecular formula is C22H24N6O. The number of nitrogens with one attached hydrogen (secondary N) is 1. The van der Waals surface area contributed by atoms with E-state index in [1.54, 1.807) is 12.5 Å². The molecule has 3 heterocycles. The Kier molecular flexibility index (Phi) is 4.50. The number of imidazole rings is 1. The fraction of sp³-hybridized carbons (Fsp3) is 0.364. The van der Waals surface area contributed by atoms with Crippen LogP contribution in [0.25, 0.3) is 16.7 Å². The van der Waals surface area contributed by atoms with Crippen molar-refractivity contribution in [2.75, 3.05) is 0 Å². The van der Waals surface area contributed by atoms with Gasteiger partial charge in [0.1, 0.15) is 11.2 Å². The molecule has 0 radical (unpaired) electrons. The minimum absolute atomic E-state index is 0.0823. The lowest BCUT2D eigenvalue weighted by molar-refractivity contribution is 0.474. The Bertz CT molecular complexity index is 1180. The monoisotopic (exact) mass is 388 g/mol. The Morgan fingerprint density at radius 3 is 2.66 bits per heavy atom. The first-order valence-electron chi connectivity index (χ1n) is 10.3. The lowest BCUT2D eigenvalue weighted by Gasteiger charge is -2.11. The van der Waals surface area contributed by atoms with Crippen LogP contribution in [0.1, 0.15) is 55.7 Å². The molecule has 3 aromatic heterocycles. The predicted octanol–water partition coefficient (Wildman–Crippen LogP) is 3.57. The average molecular weight is 388 g/mol. The first-order valence-corrected chi connectivity index (χ1v) is 10.3. The molecule has 1 aliphatic carbocycles. The van der Waals surface area contributed by atoms with Crippen molar-refractivity contribution in [2.24, 2.45) is 0 Å². The third-order valence-corrected chi connectivity index (χ3v) is 5.80. The largest absolute Gasteiger partial charge is 0.310 e. The van der Waals surface area contributed by atoms with Crippen molar-refractivity contribution in [3.05, 3.63) is 70.4 Å². The molecule has 1 aromatic carbocycles. The zero-order valence-corrected chi connectivity index (χ0v) is 16.5. The van der Waals surface area contributed by atoms with Gasteiger partial charge in [-0.2, -0.15) is 5.10 Å². The molecule has 7 nitrogen and oxygen atoms in total. The second kappa shape index (κ2) is 7.31. The number of rotatable bonds is 5. The molecule has 1 fully saturated rings. The molecular weight excluding hydrogens is 364 g/mol. The summed E-state index contributed by atoms with van der Waals surface area (Å²) in [6, 6.07) is 8.57. The van der Waals surface area contributed by atoms with Gasteiger partial charge in [0.05, 0.1) is 18.1 Å². The maximum absolute atomic E-state index is 12.8. The van der Waals surface area contributed by atoms with Gasteiger partial charge in [0.15, 0.2) is 5.65 Å². The third-order valence-electron chi connectivity index (χ3n) is 5.80. The Labute approximate surface area is 168 Å². The van der Waals surface area contributed by atoms with E-state index >= 15 is 0 Å². The van der Waals surface area contributed by atoms with Gasteiger partial charge in [-0.1, -0.05) is 31.9 Å². The van der Waals surface area contributed by atoms with E-state index < -0.39 is 0 Å². The zero-order chi connectivity index (χ0) is 19.8. The summed E-state index contributed by atoms with van der Waals surface area (Å²) < 4.78 is 3.98. The van der Waals surface area contributed by atoms with Gasteiger partial charge < -0.3 is 9.55 Å². The molecule has 0 unspecified atom stereocenters. The van der Waals surface area contributed by atoms with Crippen LogP contribution >= 0.6 is 0 Å². The van der Waals surface area contributed by atoms with Crippen LogP contribution in [0.3, 0.4) is 0 Å². The van der Waals surface area contributed by atoms with Gasteiger partial charge >= 0.3 is 0 Å². The summed E-state index contributed by atoms with van der Waals surface area (Å²) in [6.45, 7) is 2.04. The van der Waals surface area contributed by atoms with E-state index in [9.17, 15) is 4.79 Å². The van der Waals surface area contributed by atoms with E-state index in [2.05, 4.69) is 22.1 Å². The molecule has 5 rings (SSSR count). The summed E-state index contributed by atoms with van der Waals surface area (Å²) >= 11 is 0. The van der Waals surface area contributed by atoms with Gasteiger partial charge in [-0.15, -0.1) is 0 Å². The van der Waals surface area contributed by atoms with E-state index in [1.807, 2.05) is 34.5 Å². The second-order valence-electron chi connectivity index (χ2n) is 7.71. The number of aromatic nitrogens is 6. The number of hydrogen-bond donors (Lipinski definition) is 1. The van der Waals surface area contributed by atoms with Crippen LogP contribution in [0.15, 0.2) is 47.8 Å². The van der Waals surface area contributed by atoms with Gasteiger partial charge in [0.25, 0.3) is 5.56 Å². The number of fused-ring (bicyclic) bond motifs is 1. The summed E-state index contributed by atoms with van der Waals surface area (Å²) in [6.07, 6.45) is 11.4. The Hall–Kier alpha value is -3.22. The van der Waals surface area contributed by atoms with Gasteiger partial charge in [-0.25, -0.2) is 14.6 Å². The number of aromatic amines is 1. The van der Waals surface area contributed by atoms with E-state index in [-0.39, 0.29) is 5.56 Å². The quantitative estimate of drug-likeness (QED) is 0.567. The molecule has 0 bridgehead atoms. The van der Waals surface area contributed by atoms with Crippen LogP contribution in [0, 0.1) is 0 Å². The highest BCUT2D eigenvalue weighted by molar-refractivity contribution is 5.77. The number of nitrogens with zero attached hydrogens (tertiary/aromatic N) is 5. The van der Waals surface area contributed by atoms with Crippen molar-refractivity contribution in [2.45, 2.75) is 51.5 Å². The fourth-order valence-electron chi connectivity index (χ4n) is 4.29. The number of benzene rings is 1. The number of H-pyrrole nitrogens is 1. The molecule has 148 valence electrons. The highest BCUT2D eigenvalue weighted by Gasteiger charge is 2.24. The highest BCUT2D eigenvalue weighted by atomic mass is 16.1. The standard InChI is InChI=1S/C22H24N6O/c1-2-18-20-21(28(26-18)17-5-3-4-6-17)24-19(25-22(20)29)13-15-7-9-16(10-8-15)27-12-11-23-14-27/h7-12,14,17H,2-6,13H2,1H3,(H,24,25,29). The van der Waals surface area contributed by atoms with E-state index in [0.717, 1.165) is 41.9 Å².